The van der Waals surface area contributed by atoms with Crippen molar-refractivity contribution in [3.05, 3.63) is 89.0 Å². The number of anilines is 3. The molecule has 2 aliphatic heterocycles. The van der Waals surface area contributed by atoms with E-state index in [1.807, 2.05) is 13.0 Å². The van der Waals surface area contributed by atoms with E-state index < -0.39 is 17.4 Å². The highest BCUT2D eigenvalue weighted by Gasteiger charge is 2.52. The van der Waals surface area contributed by atoms with Crippen LogP contribution in [0, 0.1) is 5.92 Å². The number of nitrogen functional groups attached to an aromatic ring is 1. The number of likely N-dealkylation sites (tertiary alicyclic amines) is 1. The number of benzene rings is 2. The van der Waals surface area contributed by atoms with Crippen LogP contribution in [0.1, 0.15) is 75.7 Å². The zero-order chi connectivity index (χ0) is 32.7. The molecule has 5 N–H and O–H groups in total. The minimum atomic E-state index is -1.91. The monoisotopic (exact) mass is 614 g/mol. The molecule has 45 heavy (non-hydrogen) atoms. The molecule has 2 heterocycles. The minimum absolute atomic E-state index is 0.0627. The molecule has 0 radical (unpaired) electrons. The molecule has 0 aliphatic carbocycles. The molecule has 2 aromatic rings. The van der Waals surface area contributed by atoms with E-state index in [0.29, 0.717) is 41.3 Å². The maximum absolute atomic E-state index is 14.0. The van der Waals surface area contributed by atoms with Crippen LogP contribution >= 0.6 is 0 Å². The zero-order valence-corrected chi connectivity index (χ0v) is 26.8. The van der Waals surface area contributed by atoms with Gasteiger partial charge in [-0.05, 0) is 88.9 Å². The Kier molecular flexibility index (Phi) is 11.0. The zero-order valence-electron chi connectivity index (χ0n) is 26.8. The molecule has 2 aliphatic rings. The van der Waals surface area contributed by atoms with Gasteiger partial charge < -0.3 is 31.1 Å². The van der Waals surface area contributed by atoms with Crippen molar-refractivity contribution in [2.45, 2.75) is 71.4 Å². The second kappa shape index (κ2) is 14.7. The fourth-order valence-electron chi connectivity index (χ4n) is 5.96. The Bertz CT molecular complexity index is 1490. The third-order valence-corrected chi connectivity index (χ3v) is 8.70. The second-order valence-corrected chi connectivity index (χ2v) is 12.3. The standard InChI is InChI=1S/C36H46N4O5/c1-24(2)8-5-9-25(3)19-21-40-32-18-17-29(38-34(43)27-13-15-28(37)16-14-27)22-31(32)36(45,35(40)44)26(4)10-6-12-33(42)39-20-7-11-30(39)23-41/h6,8,10,13-19,22,26,30,41,45H,5,7,9,11-12,20-21,23,37H2,1-4H3,(H,38,43)/b10-6+,25-19+/t26-,30+,36+/m1/s1. The van der Waals surface area contributed by atoms with Gasteiger partial charge in [0.1, 0.15) is 0 Å². The summed E-state index contributed by atoms with van der Waals surface area (Å²) in [6.45, 7) is 8.76. The summed E-state index contributed by atoms with van der Waals surface area (Å²) >= 11 is 0. The summed E-state index contributed by atoms with van der Waals surface area (Å²) in [4.78, 5) is 43.1. The number of nitrogens with one attached hydrogen (secondary N) is 1. The van der Waals surface area contributed by atoms with E-state index in [4.69, 9.17) is 5.73 Å². The minimum Gasteiger partial charge on any atom is -0.399 e. The second-order valence-electron chi connectivity index (χ2n) is 12.3. The summed E-state index contributed by atoms with van der Waals surface area (Å²) in [5.74, 6) is -1.58. The van der Waals surface area contributed by atoms with Gasteiger partial charge in [-0.25, -0.2) is 0 Å². The van der Waals surface area contributed by atoms with Crippen molar-refractivity contribution in [2.24, 2.45) is 5.92 Å². The summed E-state index contributed by atoms with van der Waals surface area (Å²) in [7, 11) is 0. The first-order chi connectivity index (χ1) is 21.4. The molecule has 240 valence electrons. The fourth-order valence-corrected chi connectivity index (χ4v) is 5.96. The Balaban J connectivity index is 1.60. The molecule has 1 saturated heterocycles. The first kappa shape index (κ1) is 33.7. The first-order valence-corrected chi connectivity index (χ1v) is 15.7. The molecule has 2 aromatic carbocycles. The van der Waals surface area contributed by atoms with Gasteiger partial charge in [0.05, 0.1) is 18.3 Å². The van der Waals surface area contributed by atoms with Gasteiger partial charge in [0, 0.05) is 47.9 Å². The maximum Gasteiger partial charge on any atom is 0.264 e. The smallest absolute Gasteiger partial charge is 0.264 e. The molecular formula is C36H46N4O5. The third kappa shape index (κ3) is 7.72. The maximum atomic E-state index is 14.0. The largest absolute Gasteiger partial charge is 0.399 e. The number of hydrogen-bond donors (Lipinski definition) is 4. The highest BCUT2D eigenvalue weighted by Crippen LogP contribution is 2.46. The molecule has 0 bridgehead atoms. The van der Waals surface area contributed by atoms with Gasteiger partial charge in [0.15, 0.2) is 5.60 Å². The lowest BCUT2D eigenvalue weighted by Crippen LogP contribution is -2.44. The summed E-state index contributed by atoms with van der Waals surface area (Å²) in [5, 5.41) is 24.6. The number of carbonyl (C=O) groups is 3. The Morgan fingerprint density at radius 1 is 1.13 bits per heavy atom. The van der Waals surface area contributed by atoms with Crippen LogP contribution in [0.2, 0.25) is 0 Å². The number of nitrogens with zero attached hydrogens (tertiary/aromatic N) is 2. The van der Waals surface area contributed by atoms with Crippen molar-refractivity contribution in [1.29, 1.82) is 0 Å². The highest BCUT2D eigenvalue weighted by molar-refractivity contribution is 6.09. The van der Waals surface area contributed by atoms with Crippen LogP contribution in [-0.4, -0.2) is 58.6 Å². The van der Waals surface area contributed by atoms with Gasteiger partial charge >= 0.3 is 0 Å². The lowest BCUT2D eigenvalue weighted by molar-refractivity contribution is -0.139. The summed E-state index contributed by atoms with van der Waals surface area (Å²) in [6, 6.07) is 11.5. The third-order valence-electron chi connectivity index (χ3n) is 8.70. The Labute approximate surface area is 266 Å². The highest BCUT2D eigenvalue weighted by atomic mass is 16.3. The number of aliphatic hydroxyl groups excluding tert-OH is 1. The summed E-state index contributed by atoms with van der Waals surface area (Å²) < 4.78 is 0. The van der Waals surface area contributed by atoms with E-state index in [1.54, 1.807) is 71.3 Å². The van der Waals surface area contributed by atoms with Crippen LogP contribution in [0.15, 0.2) is 77.9 Å². The number of rotatable bonds is 12. The van der Waals surface area contributed by atoms with Gasteiger partial charge in [-0.15, -0.1) is 0 Å². The molecule has 9 heteroatoms. The van der Waals surface area contributed by atoms with E-state index in [0.717, 1.165) is 31.3 Å². The molecule has 0 aromatic heterocycles. The number of aliphatic hydroxyl groups is 2. The number of nitrogens with two attached hydrogens (primary N) is 1. The van der Waals surface area contributed by atoms with Crippen molar-refractivity contribution >= 4 is 34.8 Å². The van der Waals surface area contributed by atoms with Gasteiger partial charge in [-0.2, -0.15) is 0 Å². The lowest BCUT2D eigenvalue weighted by Gasteiger charge is -2.28. The molecular weight excluding hydrogens is 568 g/mol. The summed E-state index contributed by atoms with van der Waals surface area (Å²) in [5.41, 5.74) is 8.61. The normalized spacial score (nSPS) is 20.4. The van der Waals surface area contributed by atoms with Crippen LogP contribution in [0.25, 0.3) is 0 Å². The number of carbonyl (C=O) groups excluding carboxylic acids is 3. The molecule has 0 saturated carbocycles. The number of allylic oxidation sites excluding steroid dienone is 3. The van der Waals surface area contributed by atoms with Crippen molar-refractivity contribution in [3.8, 4) is 0 Å². The van der Waals surface area contributed by atoms with Crippen molar-refractivity contribution in [2.75, 3.05) is 35.6 Å². The van der Waals surface area contributed by atoms with Gasteiger partial charge in [0.25, 0.3) is 11.8 Å². The van der Waals surface area contributed by atoms with Crippen molar-refractivity contribution in [3.63, 3.8) is 0 Å². The van der Waals surface area contributed by atoms with E-state index in [9.17, 15) is 24.6 Å². The van der Waals surface area contributed by atoms with Crippen LogP contribution in [0.5, 0.6) is 0 Å². The molecule has 3 amide bonds. The lowest BCUT2D eigenvalue weighted by atomic mass is 9.82. The van der Waals surface area contributed by atoms with E-state index in [2.05, 4.69) is 25.2 Å². The topological polar surface area (TPSA) is 136 Å². The number of amides is 3. The van der Waals surface area contributed by atoms with Gasteiger partial charge in [-0.3, -0.25) is 14.4 Å². The summed E-state index contributed by atoms with van der Waals surface area (Å²) in [6.07, 6.45) is 11.1. The predicted octanol–water partition coefficient (Wildman–Crippen LogP) is 5.31. The first-order valence-electron chi connectivity index (χ1n) is 15.7. The number of hydrogen-bond acceptors (Lipinski definition) is 6. The fraction of sp³-hybridized carbons (Fsp3) is 0.417. The molecule has 0 spiro atoms. The number of fused-ring (bicyclic) bond motifs is 1. The molecule has 0 unspecified atom stereocenters. The van der Waals surface area contributed by atoms with Crippen molar-refractivity contribution < 1.29 is 24.6 Å². The van der Waals surface area contributed by atoms with Crippen molar-refractivity contribution in [1.82, 2.24) is 4.90 Å². The van der Waals surface area contributed by atoms with Gasteiger partial charge in [-0.1, -0.05) is 42.4 Å². The predicted molar refractivity (Wildman–Crippen MR) is 179 cm³/mol. The van der Waals surface area contributed by atoms with E-state index in [1.165, 1.54) is 5.57 Å². The molecule has 3 atom stereocenters. The molecule has 4 rings (SSSR count). The van der Waals surface area contributed by atoms with Crippen LogP contribution < -0.4 is 16.0 Å². The quantitative estimate of drug-likeness (QED) is 0.189. The average Bonchev–Trinajstić information content (AvgIpc) is 3.57. The van der Waals surface area contributed by atoms with E-state index >= 15 is 0 Å². The van der Waals surface area contributed by atoms with Gasteiger partial charge in [0.2, 0.25) is 5.91 Å². The average molecular weight is 615 g/mol. The van der Waals surface area contributed by atoms with E-state index in [-0.39, 0.29) is 30.9 Å². The Morgan fingerprint density at radius 3 is 2.56 bits per heavy atom. The van der Waals surface area contributed by atoms with Crippen LogP contribution in [0.3, 0.4) is 0 Å². The Morgan fingerprint density at radius 2 is 1.87 bits per heavy atom. The molecule has 9 nitrogen and oxygen atoms in total. The molecule has 1 fully saturated rings. The van der Waals surface area contributed by atoms with Crippen LogP contribution in [0.4, 0.5) is 17.1 Å². The van der Waals surface area contributed by atoms with Crippen LogP contribution in [-0.2, 0) is 15.2 Å². The Hall–Kier alpha value is -4.21. The SMILES string of the molecule is CC(C)=CCC/C(C)=C/CN1C(=O)[C@](O)([C@H](C)/C=C/CC(=O)N2CCC[C@H]2CO)c2cc(NC(=O)c3ccc(N)cc3)ccc21.